The Morgan fingerprint density at radius 3 is 2.83 bits per heavy atom. The van der Waals surface area contributed by atoms with Crippen molar-refractivity contribution >= 4 is 5.78 Å². The first-order valence-corrected chi connectivity index (χ1v) is 5.59. The number of carbonyl (C=O) groups excluding carboxylic acids is 1. The fourth-order valence-electron chi connectivity index (χ4n) is 1.59. The molecule has 92 valence electrons. The van der Waals surface area contributed by atoms with E-state index in [1.165, 1.54) is 24.5 Å². The van der Waals surface area contributed by atoms with Gasteiger partial charge >= 0.3 is 0 Å². The summed E-state index contributed by atoms with van der Waals surface area (Å²) in [5.41, 5.74) is 0.346. The average molecular weight is 245 g/mol. The highest BCUT2D eigenvalue weighted by molar-refractivity contribution is 6.09. The average Bonchev–Trinajstić information content (AvgIpc) is 2.39. The second-order valence-electron chi connectivity index (χ2n) is 3.65. The molecule has 0 unspecified atom stereocenters. The number of nitrogens with zero attached hydrogens (tertiary/aromatic N) is 1. The van der Waals surface area contributed by atoms with Crippen molar-refractivity contribution in [2.24, 2.45) is 0 Å². The summed E-state index contributed by atoms with van der Waals surface area (Å²) in [4.78, 5) is 16.0. The molecule has 0 spiro atoms. The van der Waals surface area contributed by atoms with Gasteiger partial charge in [-0.25, -0.2) is 4.39 Å². The van der Waals surface area contributed by atoms with E-state index in [-0.39, 0.29) is 5.56 Å². The van der Waals surface area contributed by atoms with Crippen molar-refractivity contribution in [3.05, 3.63) is 59.7 Å². The van der Waals surface area contributed by atoms with E-state index >= 15 is 0 Å². The van der Waals surface area contributed by atoms with Gasteiger partial charge in [-0.3, -0.25) is 9.78 Å². The van der Waals surface area contributed by atoms with Crippen LogP contribution >= 0.6 is 0 Å². The van der Waals surface area contributed by atoms with Crippen molar-refractivity contribution in [2.75, 3.05) is 6.61 Å². The summed E-state index contributed by atoms with van der Waals surface area (Å²) in [6.07, 6.45) is 2.92. The topological polar surface area (TPSA) is 39.2 Å². The van der Waals surface area contributed by atoms with Crippen molar-refractivity contribution in [3.8, 4) is 5.75 Å². The maximum absolute atomic E-state index is 13.5. The van der Waals surface area contributed by atoms with Crippen LogP contribution in [0.25, 0.3) is 0 Å². The van der Waals surface area contributed by atoms with Crippen LogP contribution in [-0.4, -0.2) is 17.4 Å². The summed E-state index contributed by atoms with van der Waals surface area (Å²) in [5, 5.41) is 0. The van der Waals surface area contributed by atoms with Crippen LogP contribution in [0.4, 0.5) is 4.39 Å². The number of benzene rings is 1. The van der Waals surface area contributed by atoms with Crippen molar-refractivity contribution in [1.29, 1.82) is 0 Å². The lowest BCUT2D eigenvalue weighted by Crippen LogP contribution is -2.05. The number of carbonyl (C=O) groups is 1. The third kappa shape index (κ3) is 2.53. The fraction of sp³-hybridized carbons (Fsp3) is 0.143. The summed E-state index contributed by atoms with van der Waals surface area (Å²) in [6.45, 7) is 2.32. The molecule has 0 saturated carbocycles. The van der Waals surface area contributed by atoms with E-state index in [2.05, 4.69) is 4.98 Å². The number of ether oxygens (including phenoxy) is 1. The molecule has 2 aromatic rings. The maximum atomic E-state index is 13.5. The predicted molar refractivity (Wildman–Crippen MR) is 65.2 cm³/mol. The first kappa shape index (κ1) is 12.2. The predicted octanol–water partition coefficient (Wildman–Crippen LogP) is 2.85. The molecule has 1 aromatic heterocycles. The summed E-state index contributed by atoms with van der Waals surface area (Å²) >= 11 is 0. The van der Waals surface area contributed by atoms with Gasteiger partial charge in [0.2, 0.25) is 0 Å². The number of pyridine rings is 1. The monoisotopic (exact) mass is 245 g/mol. The molecule has 0 aliphatic heterocycles. The molecule has 0 aliphatic rings. The first-order valence-electron chi connectivity index (χ1n) is 5.59. The number of rotatable bonds is 4. The summed E-state index contributed by atoms with van der Waals surface area (Å²) in [6, 6.07) is 7.43. The molecule has 0 amide bonds. The van der Waals surface area contributed by atoms with E-state index in [1.807, 2.05) is 6.92 Å². The van der Waals surface area contributed by atoms with E-state index < -0.39 is 11.6 Å². The highest BCUT2D eigenvalue weighted by Crippen LogP contribution is 2.16. The van der Waals surface area contributed by atoms with Crippen molar-refractivity contribution in [3.63, 3.8) is 0 Å². The Kier molecular flexibility index (Phi) is 3.67. The van der Waals surface area contributed by atoms with Gasteiger partial charge in [-0.1, -0.05) is 12.1 Å². The van der Waals surface area contributed by atoms with Gasteiger partial charge in [-0.05, 0) is 25.1 Å². The normalized spacial score (nSPS) is 10.1. The zero-order chi connectivity index (χ0) is 13.0. The minimum Gasteiger partial charge on any atom is -0.492 e. The molecule has 0 radical (unpaired) electrons. The zero-order valence-electron chi connectivity index (χ0n) is 9.89. The van der Waals surface area contributed by atoms with Crippen LogP contribution in [0.5, 0.6) is 5.75 Å². The standard InChI is InChI=1S/C14H12FNO2/c1-2-18-11-7-10(8-16-9-11)14(17)12-5-3-4-6-13(12)15/h3-9H,2H2,1H3. The van der Waals surface area contributed by atoms with Crippen molar-refractivity contribution in [1.82, 2.24) is 4.98 Å². The van der Waals surface area contributed by atoms with Gasteiger partial charge in [0.15, 0.2) is 5.78 Å². The largest absolute Gasteiger partial charge is 0.492 e. The Morgan fingerprint density at radius 1 is 1.33 bits per heavy atom. The van der Waals surface area contributed by atoms with Gasteiger partial charge < -0.3 is 4.74 Å². The number of hydrogen-bond donors (Lipinski definition) is 0. The van der Waals surface area contributed by atoms with Crippen LogP contribution in [0.1, 0.15) is 22.8 Å². The Hall–Kier alpha value is -2.23. The van der Waals surface area contributed by atoms with Crippen molar-refractivity contribution < 1.29 is 13.9 Å². The van der Waals surface area contributed by atoms with E-state index in [0.717, 1.165) is 0 Å². The lowest BCUT2D eigenvalue weighted by Gasteiger charge is -2.05. The maximum Gasteiger partial charge on any atom is 0.197 e. The molecule has 0 bridgehead atoms. The molecule has 3 nitrogen and oxygen atoms in total. The molecule has 1 aromatic carbocycles. The minimum absolute atomic E-state index is 0.0351. The third-order valence-corrected chi connectivity index (χ3v) is 2.40. The number of aromatic nitrogens is 1. The Labute approximate surface area is 104 Å². The zero-order valence-corrected chi connectivity index (χ0v) is 9.89. The Bertz CT molecular complexity index is 569. The smallest absolute Gasteiger partial charge is 0.197 e. The summed E-state index contributed by atoms with van der Waals surface area (Å²) in [7, 11) is 0. The van der Waals surface area contributed by atoms with Gasteiger partial charge in [-0.2, -0.15) is 0 Å². The fourth-order valence-corrected chi connectivity index (χ4v) is 1.59. The molecule has 2 rings (SSSR count). The lowest BCUT2D eigenvalue weighted by molar-refractivity contribution is 0.103. The minimum atomic E-state index is -0.538. The van der Waals surface area contributed by atoms with Crippen LogP contribution in [0.3, 0.4) is 0 Å². The third-order valence-electron chi connectivity index (χ3n) is 2.40. The molecule has 0 N–H and O–H groups in total. The highest BCUT2D eigenvalue weighted by Gasteiger charge is 2.14. The lowest BCUT2D eigenvalue weighted by atomic mass is 10.0. The van der Waals surface area contributed by atoms with E-state index in [4.69, 9.17) is 4.74 Å². The SMILES string of the molecule is CCOc1cncc(C(=O)c2ccccc2F)c1. The quantitative estimate of drug-likeness (QED) is 0.777. The van der Waals surface area contributed by atoms with Crippen LogP contribution in [-0.2, 0) is 0 Å². The van der Waals surface area contributed by atoms with Gasteiger partial charge in [0.1, 0.15) is 11.6 Å². The van der Waals surface area contributed by atoms with Gasteiger partial charge in [0.05, 0.1) is 18.4 Å². The molecule has 0 saturated heterocycles. The van der Waals surface area contributed by atoms with E-state index in [0.29, 0.717) is 17.9 Å². The first-order chi connectivity index (χ1) is 8.72. The molecule has 0 fully saturated rings. The van der Waals surface area contributed by atoms with Gasteiger partial charge in [0, 0.05) is 11.8 Å². The number of ketones is 1. The highest BCUT2D eigenvalue weighted by atomic mass is 19.1. The number of hydrogen-bond acceptors (Lipinski definition) is 3. The van der Waals surface area contributed by atoms with Crippen LogP contribution < -0.4 is 4.74 Å². The molecule has 1 heterocycles. The molecular formula is C14H12FNO2. The van der Waals surface area contributed by atoms with Gasteiger partial charge in [-0.15, -0.1) is 0 Å². The summed E-state index contributed by atoms with van der Waals surface area (Å²) in [5.74, 6) is -0.439. The second-order valence-corrected chi connectivity index (χ2v) is 3.65. The van der Waals surface area contributed by atoms with Crippen LogP contribution in [0.15, 0.2) is 42.7 Å². The molecule has 18 heavy (non-hydrogen) atoms. The summed E-state index contributed by atoms with van der Waals surface area (Å²) < 4.78 is 18.8. The van der Waals surface area contributed by atoms with Crippen molar-refractivity contribution in [2.45, 2.75) is 6.92 Å². The molecule has 0 aliphatic carbocycles. The number of halogens is 1. The van der Waals surface area contributed by atoms with Crippen LogP contribution in [0.2, 0.25) is 0 Å². The van der Waals surface area contributed by atoms with E-state index in [9.17, 15) is 9.18 Å². The van der Waals surface area contributed by atoms with E-state index in [1.54, 1.807) is 18.2 Å². The Morgan fingerprint density at radius 2 is 2.11 bits per heavy atom. The molecular weight excluding hydrogens is 233 g/mol. The molecule has 0 atom stereocenters. The van der Waals surface area contributed by atoms with Crippen LogP contribution in [0, 0.1) is 5.82 Å². The molecule has 4 heteroatoms. The van der Waals surface area contributed by atoms with Gasteiger partial charge in [0.25, 0.3) is 0 Å². The second kappa shape index (κ2) is 5.40. The Balaban J connectivity index is 2.34.